The molecule has 6 heteroatoms. The van der Waals surface area contributed by atoms with Crippen molar-refractivity contribution < 1.29 is 8.42 Å². The molecule has 5 nitrogen and oxygen atoms in total. The van der Waals surface area contributed by atoms with E-state index < -0.39 is 10.0 Å². The van der Waals surface area contributed by atoms with Crippen molar-refractivity contribution in [2.75, 3.05) is 6.54 Å². The van der Waals surface area contributed by atoms with Gasteiger partial charge in [-0.2, -0.15) is 0 Å². The number of pyridine rings is 1. The largest absolute Gasteiger partial charge is 0.325 e. The molecule has 0 radical (unpaired) electrons. The maximum absolute atomic E-state index is 12.0. The third-order valence-electron chi connectivity index (χ3n) is 2.58. The summed E-state index contributed by atoms with van der Waals surface area (Å²) in [5.41, 5.74) is 5.88. The Morgan fingerprint density at radius 1 is 1.44 bits per heavy atom. The number of nitrogens with zero attached hydrogens (tertiary/aromatic N) is 1. The van der Waals surface area contributed by atoms with Gasteiger partial charge in [-0.25, -0.2) is 13.1 Å². The van der Waals surface area contributed by atoms with Gasteiger partial charge in [-0.15, -0.1) is 0 Å². The van der Waals surface area contributed by atoms with E-state index in [0.717, 1.165) is 12.8 Å². The van der Waals surface area contributed by atoms with Crippen LogP contribution in [-0.4, -0.2) is 19.9 Å². The summed E-state index contributed by atoms with van der Waals surface area (Å²) in [6.45, 7) is 4.78. The van der Waals surface area contributed by atoms with Crippen molar-refractivity contribution in [1.29, 1.82) is 0 Å². The lowest BCUT2D eigenvalue weighted by Gasteiger charge is -2.10. The molecule has 0 atom stereocenters. The number of aromatic nitrogens is 1. The Balaban J connectivity index is 2.68. The van der Waals surface area contributed by atoms with E-state index in [-0.39, 0.29) is 11.4 Å². The van der Waals surface area contributed by atoms with Gasteiger partial charge in [0.15, 0.2) is 0 Å². The van der Waals surface area contributed by atoms with Gasteiger partial charge in [-0.3, -0.25) is 4.98 Å². The molecule has 0 aliphatic heterocycles. The average Bonchev–Trinajstić information content (AvgIpc) is 2.34. The molecule has 0 aromatic carbocycles. The molecule has 0 amide bonds. The zero-order chi connectivity index (χ0) is 13.6. The van der Waals surface area contributed by atoms with Crippen LogP contribution in [0.2, 0.25) is 0 Å². The van der Waals surface area contributed by atoms with Crippen molar-refractivity contribution in [3.05, 3.63) is 24.0 Å². The standard InChI is InChI=1S/C12H21N3O2S/c1-10(2)5-3-8-15-18(16,17)12-6-4-7-14-11(12)9-13/h4,6-7,10,15H,3,5,8-9,13H2,1-2H3. The lowest BCUT2D eigenvalue weighted by atomic mass is 10.1. The van der Waals surface area contributed by atoms with E-state index in [0.29, 0.717) is 18.2 Å². The van der Waals surface area contributed by atoms with Crippen LogP contribution in [0.25, 0.3) is 0 Å². The molecule has 0 saturated carbocycles. The third kappa shape index (κ3) is 4.36. The molecule has 3 N–H and O–H groups in total. The second-order valence-electron chi connectivity index (χ2n) is 4.59. The van der Waals surface area contributed by atoms with Crippen LogP contribution in [0.4, 0.5) is 0 Å². The molecule has 0 spiro atoms. The zero-order valence-corrected chi connectivity index (χ0v) is 11.7. The van der Waals surface area contributed by atoms with Crippen molar-refractivity contribution in [3.8, 4) is 0 Å². The summed E-state index contributed by atoms with van der Waals surface area (Å²) in [5.74, 6) is 0.576. The summed E-state index contributed by atoms with van der Waals surface area (Å²) in [4.78, 5) is 4.15. The smallest absolute Gasteiger partial charge is 0.242 e. The fourth-order valence-corrected chi connectivity index (χ4v) is 2.89. The number of rotatable bonds is 7. The predicted octanol–water partition coefficient (Wildman–Crippen LogP) is 1.25. The van der Waals surface area contributed by atoms with Gasteiger partial charge in [0.05, 0.1) is 5.69 Å². The summed E-state index contributed by atoms with van der Waals surface area (Å²) in [7, 11) is -3.49. The highest BCUT2D eigenvalue weighted by Gasteiger charge is 2.17. The van der Waals surface area contributed by atoms with Crippen LogP contribution in [0.1, 0.15) is 32.4 Å². The van der Waals surface area contributed by atoms with Crippen LogP contribution in [0, 0.1) is 5.92 Å². The number of hydrogen-bond acceptors (Lipinski definition) is 4. The summed E-state index contributed by atoms with van der Waals surface area (Å²) in [6, 6.07) is 3.13. The van der Waals surface area contributed by atoms with Crippen molar-refractivity contribution in [3.63, 3.8) is 0 Å². The second kappa shape index (κ2) is 6.82. The van der Waals surface area contributed by atoms with Crippen molar-refractivity contribution in [1.82, 2.24) is 9.71 Å². The van der Waals surface area contributed by atoms with Gasteiger partial charge >= 0.3 is 0 Å². The minimum Gasteiger partial charge on any atom is -0.325 e. The molecule has 1 heterocycles. The Kier molecular flexibility index (Phi) is 5.71. The quantitative estimate of drug-likeness (QED) is 0.731. The number of sulfonamides is 1. The first-order valence-corrected chi connectivity index (χ1v) is 7.59. The second-order valence-corrected chi connectivity index (χ2v) is 6.32. The van der Waals surface area contributed by atoms with Gasteiger partial charge in [0.25, 0.3) is 0 Å². The molecule has 1 rings (SSSR count). The number of hydrogen-bond donors (Lipinski definition) is 2. The SMILES string of the molecule is CC(C)CCCNS(=O)(=O)c1cccnc1CN. The van der Waals surface area contributed by atoms with E-state index in [4.69, 9.17) is 5.73 Å². The average molecular weight is 271 g/mol. The topological polar surface area (TPSA) is 85.1 Å². The molecular weight excluding hydrogens is 250 g/mol. The lowest BCUT2D eigenvalue weighted by molar-refractivity contribution is 0.539. The van der Waals surface area contributed by atoms with Gasteiger partial charge in [0, 0.05) is 19.3 Å². The number of nitrogens with two attached hydrogens (primary N) is 1. The first-order chi connectivity index (χ1) is 8.47. The normalized spacial score (nSPS) is 12.0. The van der Waals surface area contributed by atoms with E-state index in [1.54, 1.807) is 12.3 Å². The Bertz CT molecular complexity index is 472. The molecule has 1 aromatic rings. The highest BCUT2D eigenvalue weighted by atomic mass is 32.2. The summed E-state index contributed by atoms with van der Waals surface area (Å²) < 4.78 is 26.7. The van der Waals surface area contributed by atoms with E-state index in [2.05, 4.69) is 23.6 Å². The lowest BCUT2D eigenvalue weighted by Crippen LogP contribution is -2.26. The van der Waals surface area contributed by atoms with Crippen molar-refractivity contribution in [2.24, 2.45) is 11.7 Å². The van der Waals surface area contributed by atoms with Crippen LogP contribution >= 0.6 is 0 Å². The molecular formula is C12H21N3O2S. The summed E-state index contributed by atoms with van der Waals surface area (Å²) in [5, 5.41) is 0. The van der Waals surface area contributed by atoms with Gasteiger partial charge in [0.1, 0.15) is 4.90 Å². The van der Waals surface area contributed by atoms with E-state index in [1.165, 1.54) is 6.07 Å². The summed E-state index contributed by atoms with van der Waals surface area (Å²) in [6.07, 6.45) is 3.37. The van der Waals surface area contributed by atoms with Crippen LogP contribution in [0.3, 0.4) is 0 Å². The molecule has 0 unspecified atom stereocenters. The van der Waals surface area contributed by atoms with Gasteiger partial charge < -0.3 is 5.73 Å². The first-order valence-electron chi connectivity index (χ1n) is 6.11. The fraction of sp³-hybridized carbons (Fsp3) is 0.583. The van der Waals surface area contributed by atoms with E-state index in [1.807, 2.05) is 0 Å². The highest BCUT2D eigenvalue weighted by molar-refractivity contribution is 7.89. The Morgan fingerprint density at radius 3 is 2.78 bits per heavy atom. The fourth-order valence-electron chi connectivity index (χ4n) is 1.62. The molecule has 0 saturated heterocycles. The minimum absolute atomic E-state index is 0.114. The Morgan fingerprint density at radius 2 is 2.17 bits per heavy atom. The Labute approximate surface area is 109 Å². The van der Waals surface area contributed by atoms with Crippen LogP contribution in [0.15, 0.2) is 23.2 Å². The number of nitrogens with one attached hydrogen (secondary N) is 1. The monoisotopic (exact) mass is 271 g/mol. The summed E-state index contributed by atoms with van der Waals surface area (Å²) >= 11 is 0. The maximum Gasteiger partial charge on any atom is 0.242 e. The maximum atomic E-state index is 12.0. The van der Waals surface area contributed by atoms with Crippen LogP contribution < -0.4 is 10.5 Å². The van der Waals surface area contributed by atoms with Gasteiger partial charge in [0.2, 0.25) is 10.0 Å². The molecule has 0 aliphatic rings. The zero-order valence-electron chi connectivity index (χ0n) is 10.9. The first kappa shape index (κ1) is 15.1. The molecule has 102 valence electrons. The van der Waals surface area contributed by atoms with Crippen LogP contribution in [0.5, 0.6) is 0 Å². The molecule has 1 aromatic heterocycles. The Hall–Kier alpha value is -0.980. The van der Waals surface area contributed by atoms with Gasteiger partial charge in [-0.1, -0.05) is 13.8 Å². The molecule has 0 aliphatic carbocycles. The molecule has 18 heavy (non-hydrogen) atoms. The van der Waals surface area contributed by atoms with Gasteiger partial charge in [-0.05, 0) is 30.9 Å². The predicted molar refractivity (Wildman–Crippen MR) is 71.4 cm³/mol. The minimum atomic E-state index is -3.49. The van der Waals surface area contributed by atoms with Crippen molar-refractivity contribution >= 4 is 10.0 Å². The molecule has 0 bridgehead atoms. The third-order valence-corrected chi connectivity index (χ3v) is 4.12. The highest BCUT2D eigenvalue weighted by Crippen LogP contribution is 2.12. The van der Waals surface area contributed by atoms with E-state index >= 15 is 0 Å². The van der Waals surface area contributed by atoms with Crippen molar-refractivity contribution in [2.45, 2.75) is 38.1 Å². The molecule has 0 fully saturated rings. The van der Waals surface area contributed by atoms with Crippen LogP contribution in [-0.2, 0) is 16.6 Å². The van der Waals surface area contributed by atoms with E-state index in [9.17, 15) is 8.42 Å².